The molecule has 0 aliphatic heterocycles. The second-order valence-electron chi connectivity index (χ2n) is 5.93. The summed E-state index contributed by atoms with van der Waals surface area (Å²) in [5.41, 5.74) is 4.18. The molecule has 0 fully saturated rings. The molecule has 0 N–H and O–H groups in total. The minimum Gasteiger partial charge on any atom is -0.269 e. The first-order chi connectivity index (χ1) is 7.81. The Kier molecular flexibility index (Phi) is 4.70. The fraction of sp³-hybridized carbons (Fsp3) is 0.786. The van der Waals surface area contributed by atoms with E-state index in [-0.39, 0.29) is 5.41 Å². The summed E-state index contributed by atoms with van der Waals surface area (Å²) in [5, 5.41) is 4.66. The number of nitrogens with zero attached hydrogens (tertiary/aromatic N) is 2. The molecule has 0 saturated heterocycles. The minimum absolute atomic E-state index is 0.278. The van der Waals surface area contributed by atoms with Crippen LogP contribution >= 0.6 is 12.6 Å². The van der Waals surface area contributed by atoms with E-state index in [1.54, 1.807) is 0 Å². The summed E-state index contributed by atoms with van der Waals surface area (Å²) in [5.74, 6) is 1.46. The van der Waals surface area contributed by atoms with E-state index in [1.165, 1.54) is 17.0 Å². The van der Waals surface area contributed by atoms with Crippen molar-refractivity contribution in [3.05, 3.63) is 17.0 Å². The lowest BCUT2D eigenvalue weighted by Gasteiger charge is -2.29. The molecule has 1 unspecified atom stereocenters. The highest BCUT2D eigenvalue weighted by Gasteiger charge is 2.25. The van der Waals surface area contributed by atoms with E-state index in [1.807, 2.05) is 0 Å². The highest BCUT2D eigenvalue weighted by molar-refractivity contribution is 7.80. The largest absolute Gasteiger partial charge is 0.269 e. The van der Waals surface area contributed by atoms with E-state index in [4.69, 9.17) is 0 Å². The van der Waals surface area contributed by atoms with Gasteiger partial charge in [-0.1, -0.05) is 27.7 Å². The molecule has 0 aromatic carbocycles. The molecular weight excluding hydrogens is 228 g/mol. The van der Waals surface area contributed by atoms with Gasteiger partial charge in [-0.25, -0.2) is 0 Å². The molecule has 0 amide bonds. The Bertz CT molecular complexity index is 374. The Morgan fingerprint density at radius 3 is 2.24 bits per heavy atom. The predicted octanol–water partition coefficient (Wildman–Crippen LogP) is 3.65. The summed E-state index contributed by atoms with van der Waals surface area (Å²) < 4.78 is 2.17. The number of hydrogen-bond donors (Lipinski definition) is 1. The van der Waals surface area contributed by atoms with Gasteiger partial charge in [0.05, 0.1) is 5.69 Å². The summed E-state index contributed by atoms with van der Waals surface area (Å²) >= 11 is 4.49. The van der Waals surface area contributed by atoms with Crippen molar-refractivity contribution in [1.82, 2.24) is 9.78 Å². The van der Waals surface area contributed by atoms with Crippen LogP contribution in [0.3, 0.4) is 0 Å². The molecule has 1 rings (SSSR count). The van der Waals surface area contributed by atoms with Crippen LogP contribution in [0.4, 0.5) is 0 Å². The third-order valence-electron chi connectivity index (χ3n) is 3.72. The molecule has 0 saturated carbocycles. The molecule has 1 heterocycles. The Labute approximate surface area is 111 Å². The molecule has 0 aliphatic rings. The smallest absolute Gasteiger partial charge is 0.0628 e. The summed E-state index contributed by atoms with van der Waals surface area (Å²) in [6.07, 6.45) is 1.07. The maximum absolute atomic E-state index is 4.66. The molecule has 1 aromatic rings. The maximum atomic E-state index is 4.66. The number of aryl methyl sites for hydroxylation is 1. The number of hydrogen-bond acceptors (Lipinski definition) is 2. The fourth-order valence-corrected chi connectivity index (χ4v) is 2.90. The lowest BCUT2D eigenvalue weighted by molar-refractivity contribution is 0.229. The molecule has 17 heavy (non-hydrogen) atoms. The molecule has 98 valence electrons. The van der Waals surface area contributed by atoms with Crippen molar-refractivity contribution in [1.29, 1.82) is 0 Å². The monoisotopic (exact) mass is 254 g/mol. The zero-order valence-electron chi connectivity index (χ0n) is 12.0. The number of thiol groups is 1. The Balaban J connectivity index is 2.95. The van der Waals surface area contributed by atoms with Gasteiger partial charge in [0.25, 0.3) is 0 Å². The third kappa shape index (κ3) is 3.27. The van der Waals surface area contributed by atoms with Crippen LogP contribution < -0.4 is 0 Å². The van der Waals surface area contributed by atoms with Gasteiger partial charge in [0.2, 0.25) is 0 Å². The quantitative estimate of drug-likeness (QED) is 0.812. The standard InChI is InChI=1S/C14H26N2S/c1-7-13-10(2)15-16(11(13)3)8-12(9-17)14(4,5)6/h12,17H,7-9H2,1-6H3. The van der Waals surface area contributed by atoms with Crippen LogP contribution in [-0.2, 0) is 13.0 Å². The normalized spacial score (nSPS) is 14.1. The van der Waals surface area contributed by atoms with Gasteiger partial charge in [0.15, 0.2) is 0 Å². The van der Waals surface area contributed by atoms with E-state index in [2.05, 4.69) is 64.0 Å². The highest BCUT2D eigenvalue weighted by Crippen LogP contribution is 2.29. The van der Waals surface area contributed by atoms with Gasteiger partial charge in [-0.2, -0.15) is 17.7 Å². The van der Waals surface area contributed by atoms with Crippen LogP contribution in [0.1, 0.15) is 44.6 Å². The second kappa shape index (κ2) is 5.47. The van der Waals surface area contributed by atoms with E-state index in [9.17, 15) is 0 Å². The molecule has 0 bridgehead atoms. The Morgan fingerprint density at radius 2 is 1.88 bits per heavy atom. The van der Waals surface area contributed by atoms with Crippen LogP contribution in [0.2, 0.25) is 0 Å². The van der Waals surface area contributed by atoms with E-state index < -0.39 is 0 Å². The lowest BCUT2D eigenvalue weighted by atomic mass is 9.82. The van der Waals surface area contributed by atoms with Gasteiger partial charge in [-0.15, -0.1) is 0 Å². The molecule has 1 atom stereocenters. The summed E-state index contributed by atoms with van der Waals surface area (Å²) in [6, 6.07) is 0. The van der Waals surface area contributed by atoms with Gasteiger partial charge < -0.3 is 0 Å². The predicted molar refractivity (Wildman–Crippen MR) is 77.9 cm³/mol. The van der Waals surface area contributed by atoms with Gasteiger partial charge in [-0.3, -0.25) is 4.68 Å². The molecule has 0 spiro atoms. The Hall–Kier alpha value is -0.440. The molecule has 2 nitrogen and oxygen atoms in total. The summed E-state index contributed by atoms with van der Waals surface area (Å²) in [7, 11) is 0. The van der Waals surface area contributed by atoms with Crippen LogP contribution in [-0.4, -0.2) is 15.5 Å². The van der Waals surface area contributed by atoms with Crippen molar-refractivity contribution < 1.29 is 0 Å². The van der Waals surface area contributed by atoms with E-state index in [0.29, 0.717) is 5.92 Å². The molecule has 3 heteroatoms. The van der Waals surface area contributed by atoms with Crippen molar-refractivity contribution >= 4 is 12.6 Å². The zero-order valence-corrected chi connectivity index (χ0v) is 12.9. The van der Waals surface area contributed by atoms with Gasteiger partial charge in [0.1, 0.15) is 0 Å². The third-order valence-corrected chi connectivity index (χ3v) is 4.16. The van der Waals surface area contributed by atoms with Gasteiger partial charge in [0, 0.05) is 12.2 Å². The first kappa shape index (κ1) is 14.6. The first-order valence-corrected chi connectivity index (χ1v) is 7.08. The van der Waals surface area contributed by atoms with Crippen LogP contribution in [0.15, 0.2) is 0 Å². The average Bonchev–Trinajstić information content (AvgIpc) is 2.48. The number of rotatable bonds is 4. The number of aromatic nitrogens is 2. The molecule has 0 radical (unpaired) electrons. The molecule has 1 aromatic heterocycles. The topological polar surface area (TPSA) is 17.8 Å². The average molecular weight is 254 g/mol. The second-order valence-corrected chi connectivity index (χ2v) is 6.30. The molecule has 0 aliphatic carbocycles. The SMILES string of the molecule is CCc1c(C)nn(CC(CS)C(C)(C)C)c1C. The lowest BCUT2D eigenvalue weighted by Crippen LogP contribution is -2.27. The maximum Gasteiger partial charge on any atom is 0.0628 e. The van der Waals surface area contributed by atoms with E-state index >= 15 is 0 Å². The van der Waals surface area contributed by atoms with Crippen LogP contribution in [0, 0.1) is 25.2 Å². The van der Waals surface area contributed by atoms with Crippen molar-refractivity contribution in [2.45, 2.75) is 54.5 Å². The van der Waals surface area contributed by atoms with Crippen LogP contribution in [0.25, 0.3) is 0 Å². The summed E-state index contributed by atoms with van der Waals surface area (Å²) in [4.78, 5) is 0. The van der Waals surface area contributed by atoms with E-state index in [0.717, 1.165) is 18.7 Å². The van der Waals surface area contributed by atoms with Crippen molar-refractivity contribution in [3.8, 4) is 0 Å². The Morgan fingerprint density at radius 1 is 1.29 bits per heavy atom. The van der Waals surface area contributed by atoms with Gasteiger partial charge in [-0.05, 0) is 42.9 Å². The minimum atomic E-state index is 0.278. The fourth-order valence-electron chi connectivity index (χ4n) is 2.24. The first-order valence-electron chi connectivity index (χ1n) is 6.45. The zero-order chi connectivity index (χ0) is 13.2. The van der Waals surface area contributed by atoms with Crippen molar-refractivity contribution in [3.63, 3.8) is 0 Å². The van der Waals surface area contributed by atoms with Crippen molar-refractivity contribution in [2.75, 3.05) is 5.75 Å². The van der Waals surface area contributed by atoms with Crippen molar-refractivity contribution in [2.24, 2.45) is 11.3 Å². The van der Waals surface area contributed by atoms with Crippen LogP contribution in [0.5, 0.6) is 0 Å². The molecular formula is C14H26N2S. The summed E-state index contributed by atoms with van der Waals surface area (Å²) in [6.45, 7) is 14.3. The van der Waals surface area contributed by atoms with Gasteiger partial charge >= 0.3 is 0 Å². The highest BCUT2D eigenvalue weighted by atomic mass is 32.1.